The molecule has 1 aromatic rings. The molecule has 0 saturated carbocycles. The molecule has 0 aliphatic heterocycles. The summed E-state index contributed by atoms with van der Waals surface area (Å²) in [4.78, 5) is 11.2. The standard InChI is InChI=1S/C14H18N2O3/c1-10-8-12(18-2)13(19-3)9-11(10)5-7-16-14(17)4-6-15/h8-9H,4-5,7H2,1-3H3,(H,16,17). The van der Waals surface area contributed by atoms with E-state index in [0.29, 0.717) is 24.5 Å². The summed E-state index contributed by atoms with van der Waals surface area (Å²) in [5.41, 5.74) is 2.15. The van der Waals surface area contributed by atoms with Crippen LogP contribution in [0.15, 0.2) is 12.1 Å². The van der Waals surface area contributed by atoms with E-state index >= 15 is 0 Å². The van der Waals surface area contributed by atoms with Gasteiger partial charge in [-0.2, -0.15) is 5.26 Å². The lowest BCUT2D eigenvalue weighted by Crippen LogP contribution is -2.25. The Labute approximate surface area is 113 Å². The van der Waals surface area contributed by atoms with Gasteiger partial charge in [0.2, 0.25) is 5.91 Å². The van der Waals surface area contributed by atoms with E-state index in [9.17, 15) is 4.79 Å². The van der Waals surface area contributed by atoms with E-state index in [1.54, 1.807) is 14.2 Å². The Morgan fingerprint density at radius 1 is 1.32 bits per heavy atom. The predicted molar refractivity (Wildman–Crippen MR) is 71.2 cm³/mol. The number of benzene rings is 1. The molecule has 0 aromatic heterocycles. The van der Waals surface area contributed by atoms with E-state index in [1.807, 2.05) is 25.1 Å². The molecule has 0 saturated heterocycles. The van der Waals surface area contributed by atoms with Gasteiger partial charge in [0.05, 0.1) is 20.3 Å². The van der Waals surface area contributed by atoms with Crippen LogP contribution in [0.2, 0.25) is 0 Å². The highest BCUT2D eigenvalue weighted by atomic mass is 16.5. The number of ether oxygens (including phenoxy) is 2. The Balaban J connectivity index is 2.69. The second-order valence-corrected chi connectivity index (χ2v) is 4.07. The summed E-state index contributed by atoms with van der Waals surface area (Å²) >= 11 is 0. The molecule has 0 fully saturated rings. The molecule has 0 radical (unpaired) electrons. The van der Waals surface area contributed by atoms with Gasteiger partial charge in [-0.1, -0.05) is 0 Å². The lowest BCUT2D eigenvalue weighted by Gasteiger charge is -2.13. The summed E-state index contributed by atoms with van der Waals surface area (Å²) in [5, 5.41) is 11.1. The van der Waals surface area contributed by atoms with Crippen molar-refractivity contribution in [3.05, 3.63) is 23.3 Å². The van der Waals surface area contributed by atoms with Crippen molar-refractivity contribution in [3.8, 4) is 17.6 Å². The average Bonchev–Trinajstić information content (AvgIpc) is 2.40. The minimum Gasteiger partial charge on any atom is -0.493 e. The fourth-order valence-electron chi connectivity index (χ4n) is 1.76. The summed E-state index contributed by atoms with van der Waals surface area (Å²) in [6.45, 7) is 2.48. The molecular formula is C14H18N2O3. The van der Waals surface area contributed by atoms with Crippen molar-refractivity contribution in [1.82, 2.24) is 5.32 Å². The van der Waals surface area contributed by atoms with Crippen molar-refractivity contribution < 1.29 is 14.3 Å². The maximum Gasteiger partial charge on any atom is 0.234 e. The molecular weight excluding hydrogens is 244 g/mol. The van der Waals surface area contributed by atoms with E-state index in [1.165, 1.54) is 0 Å². The number of carbonyl (C=O) groups excluding carboxylic acids is 1. The number of nitrogens with one attached hydrogen (secondary N) is 1. The highest BCUT2D eigenvalue weighted by Crippen LogP contribution is 2.30. The van der Waals surface area contributed by atoms with Gasteiger partial charge in [-0.05, 0) is 36.6 Å². The number of hydrogen-bond acceptors (Lipinski definition) is 4. The van der Waals surface area contributed by atoms with Crippen molar-refractivity contribution in [2.24, 2.45) is 0 Å². The molecule has 0 bridgehead atoms. The molecule has 102 valence electrons. The SMILES string of the molecule is COc1cc(C)c(CCNC(=O)CC#N)cc1OC. The van der Waals surface area contributed by atoms with E-state index in [2.05, 4.69) is 5.32 Å². The van der Waals surface area contributed by atoms with Crippen molar-refractivity contribution >= 4 is 5.91 Å². The van der Waals surface area contributed by atoms with Gasteiger partial charge in [-0.25, -0.2) is 0 Å². The number of nitrogens with zero attached hydrogens (tertiary/aromatic N) is 1. The molecule has 0 heterocycles. The van der Waals surface area contributed by atoms with Gasteiger partial charge in [0.1, 0.15) is 6.42 Å². The zero-order chi connectivity index (χ0) is 14.3. The molecule has 5 heteroatoms. The zero-order valence-electron chi connectivity index (χ0n) is 11.4. The van der Waals surface area contributed by atoms with Crippen LogP contribution in [0.3, 0.4) is 0 Å². The third-order valence-corrected chi connectivity index (χ3v) is 2.80. The van der Waals surface area contributed by atoms with Crippen molar-refractivity contribution in [2.45, 2.75) is 19.8 Å². The molecule has 1 aromatic carbocycles. The quantitative estimate of drug-likeness (QED) is 0.845. The van der Waals surface area contributed by atoms with Gasteiger partial charge < -0.3 is 14.8 Å². The van der Waals surface area contributed by atoms with Crippen LogP contribution in [0.5, 0.6) is 11.5 Å². The van der Waals surface area contributed by atoms with Crippen LogP contribution in [0.25, 0.3) is 0 Å². The first-order valence-corrected chi connectivity index (χ1v) is 5.97. The highest BCUT2D eigenvalue weighted by molar-refractivity contribution is 5.77. The number of aryl methyl sites for hydroxylation is 1. The molecule has 1 amide bonds. The number of carbonyl (C=O) groups is 1. The van der Waals surface area contributed by atoms with Crippen LogP contribution in [0, 0.1) is 18.3 Å². The Hall–Kier alpha value is -2.22. The first kappa shape index (κ1) is 14.8. The fourth-order valence-corrected chi connectivity index (χ4v) is 1.76. The first-order chi connectivity index (χ1) is 9.12. The van der Waals surface area contributed by atoms with Gasteiger partial charge in [0, 0.05) is 6.54 Å². The number of nitriles is 1. The summed E-state index contributed by atoms with van der Waals surface area (Å²) in [5.74, 6) is 1.12. The maximum atomic E-state index is 11.2. The van der Waals surface area contributed by atoms with Crippen LogP contribution in [0.1, 0.15) is 17.5 Å². The molecule has 1 rings (SSSR count). The largest absolute Gasteiger partial charge is 0.493 e. The van der Waals surface area contributed by atoms with Crippen molar-refractivity contribution in [1.29, 1.82) is 5.26 Å². The number of hydrogen-bond donors (Lipinski definition) is 1. The third kappa shape index (κ3) is 4.18. The fraction of sp³-hybridized carbons (Fsp3) is 0.429. The lowest BCUT2D eigenvalue weighted by molar-refractivity contribution is -0.120. The van der Waals surface area contributed by atoms with E-state index < -0.39 is 0 Å². The van der Waals surface area contributed by atoms with Crippen LogP contribution in [-0.2, 0) is 11.2 Å². The molecule has 1 N–H and O–H groups in total. The van der Waals surface area contributed by atoms with Gasteiger partial charge >= 0.3 is 0 Å². The Bertz CT molecular complexity index is 492. The molecule has 0 aliphatic rings. The summed E-state index contributed by atoms with van der Waals surface area (Å²) in [7, 11) is 3.19. The van der Waals surface area contributed by atoms with E-state index in [4.69, 9.17) is 14.7 Å². The lowest BCUT2D eigenvalue weighted by atomic mass is 10.0. The van der Waals surface area contributed by atoms with Crippen LogP contribution in [0.4, 0.5) is 0 Å². The predicted octanol–water partition coefficient (Wildman–Crippen LogP) is 1.58. The highest BCUT2D eigenvalue weighted by Gasteiger charge is 2.08. The number of methoxy groups -OCH3 is 2. The first-order valence-electron chi connectivity index (χ1n) is 5.97. The molecule has 0 unspecified atom stereocenters. The molecule has 5 nitrogen and oxygen atoms in total. The van der Waals surface area contributed by atoms with Crippen LogP contribution in [-0.4, -0.2) is 26.7 Å². The van der Waals surface area contributed by atoms with E-state index in [0.717, 1.165) is 11.1 Å². The smallest absolute Gasteiger partial charge is 0.234 e. The Morgan fingerprint density at radius 2 is 1.95 bits per heavy atom. The molecule has 0 spiro atoms. The summed E-state index contributed by atoms with van der Waals surface area (Å²) < 4.78 is 10.5. The third-order valence-electron chi connectivity index (χ3n) is 2.80. The van der Waals surface area contributed by atoms with Crippen LogP contribution >= 0.6 is 0 Å². The average molecular weight is 262 g/mol. The molecule has 19 heavy (non-hydrogen) atoms. The van der Waals surface area contributed by atoms with Gasteiger partial charge in [0.15, 0.2) is 11.5 Å². The maximum absolute atomic E-state index is 11.2. The molecule has 0 aliphatic carbocycles. The van der Waals surface area contributed by atoms with E-state index in [-0.39, 0.29) is 12.3 Å². The minimum absolute atomic E-state index is 0.106. The van der Waals surface area contributed by atoms with Crippen molar-refractivity contribution in [2.75, 3.05) is 20.8 Å². The normalized spacial score (nSPS) is 9.58. The van der Waals surface area contributed by atoms with Crippen LogP contribution < -0.4 is 14.8 Å². The summed E-state index contributed by atoms with van der Waals surface area (Å²) in [6.07, 6.45) is 0.578. The molecule has 0 atom stereocenters. The van der Waals surface area contributed by atoms with Gasteiger partial charge in [-0.3, -0.25) is 4.79 Å². The summed E-state index contributed by atoms with van der Waals surface area (Å²) in [6, 6.07) is 5.63. The number of amides is 1. The zero-order valence-corrected chi connectivity index (χ0v) is 11.4. The second kappa shape index (κ2) is 7.27. The van der Waals surface area contributed by atoms with Gasteiger partial charge in [-0.15, -0.1) is 0 Å². The minimum atomic E-state index is -0.249. The second-order valence-electron chi connectivity index (χ2n) is 4.07. The van der Waals surface area contributed by atoms with Gasteiger partial charge in [0.25, 0.3) is 0 Å². The number of rotatable bonds is 6. The Morgan fingerprint density at radius 3 is 2.53 bits per heavy atom. The topological polar surface area (TPSA) is 71.3 Å². The van der Waals surface area contributed by atoms with Crippen molar-refractivity contribution in [3.63, 3.8) is 0 Å². The Kier molecular flexibility index (Phi) is 5.68. The monoisotopic (exact) mass is 262 g/mol.